The second kappa shape index (κ2) is 13.4. The number of nitrogens with zero attached hydrogens (tertiary/aromatic N) is 2. The molecule has 3 aliphatic heterocycles. The highest BCUT2D eigenvalue weighted by Crippen LogP contribution is 2.38. The van der Waals surface area contributed by atoms with Gasteiger partial charge < -0.3 is 34.3 Å². The number of carbonyl (C=O) groups is 3. The molecule has 0 saturated carbocycles. The average Bonchev–Trinajstić information content (AvgIpc) is 3.48. The molecular formula is C35H44N4O6. The summed E-state index contributed by atoms with van der Waals surface area (Å²) in [5.41, 5.74) is 3.51. The Labute approximate surface area is 264 Å². The van der Waals surface area contributed by atoms with Crippen LogP contribution in [0.5, 0.6) is 17.2 Å². The third-order valence-electron chi connectivity index (χ3n) is 9.73. The number of piperidine rings is 2. The predicted molar refractivity (Wildman–Crippen MR) is 171 cm³/mol. The maximum absolute atomic E-state index is 13.9. The van der Waals surface area contributed by atoms with Gasteiger partial charge in [0.15, 0.2) is 11.5 Å². The van der Waals surface area contributed by atoms with Gasteiger partial charge in [0.2, 0.25) is 11.8 Å². The van der Waals surface area contributed by atoms with Gasteiger partial charge in [0.25, 0.3) is 5.91 Å². The van der Waals surface area contributed by atoms with E-state index < -0.39 is 0 Å². The van der Waals surface area contributed by atoms with Crippen molar-refractivity contribution in [1.29, 1.82) is 0 Å². The highest BCUT2D eigenvalue weighted by Gasteiger charge is 2.43. The minimum atomic E-state index is -0.0171. The van der Waals surface area contributed by atoms with Gasteiger partial charge in [0.05, 0.1) is 21.3 Å². The predicted octanol–water partition coefficient (Wildman–Crippen LogP) is 4.35. The number of aryl methyl sites for hydroxylation is 2. The van der Waals surface area contributed by atoms with Crippen LogP contribution >= 0.6 is 0 Å². The SMILES string of the molecule is COc1ccc2[nH]c(C(=O)N3C[C@@H]4C[C@@H](C3)[C@@H]3CCCC(=O)NCCCc5cc(cc(OC)c5OC)CCC(=O)N3C4)cc2c1. The molecule has 45 heavy (non-hydrogen) atoms. The molecule has 6 rings (SSSR count). The first-order chi connectivity index (χ1) is 21.9. The van der Waals surface area contributed by atoms with Gasteiger partial charge in [-0.1, -0.05) is 6.07 Å². The van der Waals surface area contributed by atoms with E-state index in [1.54, 1.807) is 21.3 Å². The van der Waals surface area contributed by atoms with E-state index in [-0.39, 0.29) is 35.6 Å². The molecule has 2 N–H and O–H groups in total. The first-order valence-electron chi connectivity index (χ1n) is 16.1. The zero-order valence-corrected chi connectivity index (χ0v) is 26.5. The van der Waals surface area contributed by atoms with Gasteiger partial charge in [0, 0.05) is 56.0 Å². The Bertz CT molecular complexity index is 1570. The molecule has 2 aromatic carbocycles. The molecule has 2 fully saturated rings. The normalized spacial score (nSPS) is 22.9. The molecule has 3 aliphatic rings. The molecule has 0 radical (unpaired) electrons. The number of hydrogen-bond donors (Lipinski definition) is 2. The summed E-state index contributed by atoms with van der Waals surface area (Å²) in [6.07, 6.45) is 5.36. The number of fused-ring (bicyclic) bond motifs is 7. The van der Waals surface area contributed by atoms with Crippen molar-refractivity contribution >= 4 is 28.6 Å². The van der Waals surface area contributed by atoms with Gasteiger partial charge >= 0.3 is 0 Å². The molecule has 4 heterocycles. The Morgan fingerprint density at radius 1 is 0.889 bits per heavy atom. The van der Waals surface area contributed by atoms with Crippen LogP contribution in [0.2, 0.25) is 0 Å². The molecular weight excluding hydrogens is 572 g/mol. The van der Waals surface area contributed by atoms with Gasteiger partial charge in [-0.2, -0.15) is 0 Å². The Morgan fingerprint density at radius 2 is 1.76 bits per heavy atom. The summed E-state index contributed by atoms with van der Waals surface area (Å²) in [6.45, 7) is 2.42. The van der Waals surface area contributed by atoms with Crippen LogP contribution in [0.3, 0.4) is 0 Å². The van der Waals surface area contributed by atoms with Crippen molar-refractivity contribution in [2.24, 2.45) is 11.8 Å². The number of ether oxygens (including phenoxy) is 3. The van der Waals surface area contributed by atoms with Crippen LogP contribution in [0.25, 0.3) is 10.9 Å². The maximum Gasteiger partial charge on any atom is 0.270 e. The lowest BCUT2D eigenvalue weighted by Gasteiger charge is -2.51. The summed E-state index contributed by atoms with van der Waals surface area (Å²) in [5, 5.41) is 4.00. The van der Waals surface area contributed by atoms with E-state index in [0.29, 0.717) is 69.1 Å². The van der Waals surface area contributed by atoms with Crippen LogP contribution in [0.4, 0.5) is 0 Å². The lowest BCUT2D eigenvalue weighted by molar-refractivity contribution is -0.140. The van der Waals surface area contributed by atoms with Gasteiger partial charge in [0.1, 0.15) is 11.4 Å². The lowest BCUT2D eigenvalue weighted by atomic mass is 9.77. The van der Waals surface area contributed by atoms with E-state index in [9.17, 15) is 14.4 Å². The van der Waals surface area contributed by atoms with Crippen molar-refractivity contribution in [1.82, 2.24) is 20.1 Å². The van der Waals surface area contributed by atoms with E-state index >= 15 is 0 Å². The maximum atomic E-state index is 13.9. The third-order valence-corrected chi connectivity index (χ3v) is 9.73. The van der Waals surface area contributed by atoms with Crippen LogP contribution in [0.1, 0.15) is 60.1 Å². The average molecular weight is 617 g/mol. The van der Waals surface area contributed by atoms with Gasteiger partial charge in [-0.3, -0.25) is 14.4 Å². The number of aromatic nitrogens is 1. The molecule has 3 atom stereocenters. The summed E-state index contributed by atoms with van der Waals surface area (Å²) in [7, 11) is 4.90. The topological polar surface area (TPSA) is 113 Å². The fourth-order valence-electron chi connectivity index (χ4n) is 7.59. The van der Waals surface area contributed by atoms with E-state index in [1.165, 1.54) is 0 Å². The molecule has 1 aromatic heterocycles. The van der Waals surface area contributed by atoms with Crippen LogP contribution in [-0.4, -0.2) is 86.1 Å². The Balaban J connectivity index is 1.22. The molecule has 2 saturated heterocycles. The largest absolute Gasteiger partial charge is 0.497 e. The number of likely N-dealkylation sites (tertiary alicyclic amines) is 1. The summed E-state index contributed by atoms with van der Waals surface area (Å²) in [5.74, 6) is 2.62. The smallest absolute Gasteiger partial charge is 0.270 e. The van der Waals surface area contributed by atoms with Gasteiger partial charge in [-0.15, -0.1) is 0 Å². The summed E-state index contributed by atoms with van der Waals surface area (Å²) in [4.78, 5) is 47.7. The van der Waals surface area contributed by atoms with Crippen LogP contribution < -0.4 is 19.5 Å². The quantitative estimate of drug-likeness (QED) is 0.451. The molecule has 240 valence electrons. The van der Waals surface area contributed by atoms with Gasteiger partial charge in [-0.05, 0) is 91.8 Å². The molecule has 0 aliphatic carbocycles. The van der Waals surface area contributed by atoms with Crippen LogP contribution in [-0.2, 0) is 22.4 Å². The van der Waals surface area contributed by atoms with Crippen molar-refractivity contribution in [3.63, 3.8) is 0 Å². The number of methoxy groups -OCH3 is 3. The zero-order chi connectivity index (χ0) is 31.5. The number of nitrogens with one attached hydrogen (secondary N) is 2. The Hall–Kier alpha value is -4.21. The van der Waals surface area contributed by atoms with E-state index in [4.69, 9.17) is 14.2 Å². The first kappa shape index (κ1) is 30.8. The zero-order valence-electron chi connectivity index (χ0n) is 26.5. The fourth-order valence-corrected chi connectivity index (χ4v) is 7.59. The monoisotopic (exact) mass is 616 g/mol. The number of benzene rings is 2. The van der Waals surface area contributed by atoms with E-state index in [0.717, 1.165) is 53.5 Å². The molecule has 3 amide bonds. The van der Waals surface area contributed by atoms with Crippen LogP contribution in [0.15, 0.2) is 36.4 Å². The number of amides is 3. The van der Waals surface area contributed by atoms with Gasteiger partial charge in [-0.25, -0.2) is 0 Å². The Kier molecular flexibility index (Phi) is 9.19. The minimum absolute atomic E-state index is 0.0157. The van der Waals surface area contributed by atoms with Crippen molar-refractivity contribution in [3.8, 4) is 17.2 Å². The minimum Gasteiger partial charge on any atom is -0.497 e. The highest BCUT2D eigenvalue weighted by atomic mass is 16.5. The first-order valence-corrected chi connectivity index (χ1v) is 16.1. The third kappa shape index (κ3) is 6.60. The molecule has 3 aromatic rings. The second-order valence-electron chi connectivity index (χ2n) is 12.7. The standard InChI is InChI=1S/C35H44N4O6/c1-43-27-10-11-28-25(17-27)18-29(37-28)35(42)38-19-23-15-26(21-38)30-7-4-8-32(40)36-13-5-6-24-14-22(9-12-33(41)39(30)20-23)16-31(44-2)34(24)45-3/h10-11,14,16-18,23,26,30,37H,4-9,12-13,15,19-21H2,1-3H3,(H,36,40)/t23-,26-,30-/m0/s1. The van der Waals surface area contributed by atoms with Crippen molar-refractivity contribution in [3.05, 3.63) is 53.2 Å². The number of rotatable bonds is 4. The van der Waals surface area contributed by atoms with Crippen molar-refractivity contribution in [2.75, 3.05) is 47.5 Å². The fraction of sp³-hybridized carbons (Fsp3) is 0.514. The molecule has 0 spiro atoms. The van der Waals surface area contributed by atoms with E-state index in [2.05, 4.69) is 21.3 Å². The molecule has 4 bridgehead atoms. The number of aromatic amines is 1. The second-order valence-corrected chi connectivity index (χ2v) is 12.7. The number of hydrogen-bond acceptors (Lipinski definition) is 6. The Morgan fingerprint density at radius 3 is 2.56 bits per heavy atom. The van der Waals surface area contributed by atoms with Crippen molar-refractivity contribution < 1.29 is 28.6 Å². The molecule has 10 nitrogen and oxygen atoms in total. The molecule has 0 unspecified atom stereocenters. The summed E-state index contributed by atoms with van der Waals surface area (Å²) >= 11 is 0. The highest BCUT2D eigenvalue weighted by molar-refractivity contribution is 5.98. The molecule has 10 heteroatoms. The number of carbonyl (C=O) groups excluding carboxylic acids is 3. The summed E-state index contributed by atoms with van der Waals surface area (Å²) in [6, 6.07) is 11.7. The van der Waals surface area contributed by atoms with Crippen molar-refractivity contribution in [2.45, 2.75) is 57.4 Å². The lowest BCUT2D eigenvalue weighted by Crippen LogP contribution is -2.60. The van der Waals surface area contributed by atoms with E-state index in [1.807, 2.05) is 35.2 Å². The van der Waals surface area contributed by atoms with Crippen LogP contribution in [0, 0.1) is 11.8 Å². The summed E-state index contributed by atoms with van der Waals surface area (Å²) < 4.78 is 16.7. The number of H-pyrrole nitrogens is 1.